The predicted molar refractivity (Wildman–Crippen MR) is 345 cm³/mol. The van der Waals surface area contributed by atoms with Crippen LogP contribution >= 0.6 is 0 Å². The number of carbonyl (C=O) groups excluding carboxylic acids is 12. The summed E-state index contributed by atoms with van der Waals surface area (Å²) in [6, 6.07) is -10.9. The van der Waals surface area contributed by atoms with Gasteiger partial charge in [0, 0.05) is 66.7 Å². The van der Waals surface area contributed by atoms with Crippen LogP contribution in [0.2, 0.25) is 0 Å². The maximum atomic E-state index is 14.5. The minimum atomic E-state index is -2.02. The van der Waals surface area contributed by atoms with Gasteiger partial charge in [0.1, 0.15) is 66.5 Å². The van der Waals surface area contributed by atoms with Gasteiger partial charge >= 0.3 is 5.97 Å². The molecule has 3 aromatic heterocycles. The number of nitrogens with zero attached hydrogens (tertiary/aromatic N) is 3. The average molecular weight is 1360 g/mol. The lowest BCUT2D eigenvalue weighted by Gasteiger charge is -2.30. The number of primary amides is 1. The van der Waals surface area contributed by atoms with Crippen LogP contribution in [-0.4, -0.2) is 224 Å². The molecule has 0 aliphatic carbocycles. The van der Waals surface area contributed by atoms with Gasteiger partial charge in [0.05, 0.1) is 43.4 Å². The Balaban J connectivity index is 1.29. The summed E-state index contributed by atoms with van der Waals surface area (Å²) in [6.07, 6.45) is 0.979. The second-order valence-electron chi connectivity index (χ2n) is 25.1. The number of nitrogens with two attached hydrogens (primary N) is 2. The lowest BCUT2D eigenvalue weighted by Crippen LogP contribution is -2.63. The number of para-hydroxylation sites is 1. The summed E-state index contributed by atoms with van der Waals surface area (Å²) in [4.78, 5) is 195. The first-order valence-electron chi connectivity index (χ1n) is 31.8. The predicted octanol–water partition coefficient (Wildman–Crippen LogP) is -4.96. The van der Waals surface area contributed by atoms with Crippen LogP contribution < -0.4 is 64.6 Å². The van der Waals surface area contributed by atoms with Gasteiger partial charge in [0.15, 0.2) is 0 Å². The number of carboxylic acids is 1. The van der Waals surface area contributed by atoms with Crippen LogP contribution in [0.25, 0.3) is 10.9 Å². The van der Waals surface area contributed by atoms with Gasteiger partial charge in [-0.05, 0) is 83.8 Å². The molecule has 12 amide bonds. The molecule has 0 unspecified atom stereocenters. The van der Waals surface area contributed by atoms with Crippen molar-refractivity contribution in [3.63, 3.8) is 0 Å². The van der Waals surface area contributed by atoms with Gasteiger partial charge in [-0.1, -0.05) is 45.9 Å². The lowest BCUT2D eigenvalue weighted by molar-refractivity contribution is -0.142. The van der Waals surface area contributed by atoms with E-state index in [-0.39, 0.29) is 56.2 Å². The quantitative estimate of drug-likeness (QED) is 0.0201. The molecule has 35 heteroatoms. The molecular weight excluding hydrogens is 1270 g/mol. The SMILES string of the molecule is CC(C)C[C@H](NC(=O)[C@@H](N)CC(C)C)C(=O)N[C@@H](C)C(=O)N[C@@H](CC(=O)O)C(=O)N[C@H](C(=O)N[C@H](C(=O)N[C@@H](Cc1cnc[nH]1)C(=O)N[C@@H](Cc1cnc[nH]1)C(=O)N[C@@H](C)C(=O)N1CCC[C@H]1C(=O)N[C@@H](Cc1c[nH]c2ccccc12)C(=O)N[C@H](C(N)=O)[C@@H](C)O)[C@@H](C)O)[C@@H](C)O. The van der Waals surface area contributed by atoms with Crippen molar-refractivity contribution in [3.8, 4) is 0 Å². The van der Waals surface area contributed by atoms with Crippen LogP contribution in [0, 0.1) is 11.8 Å². The second-order valence-corrected chi connectivity index (χ2v) is 25.1. The number of aliphatic hydroxyl groups excluding tert-OH is 3. The Labute approximate surface area is 558 Å². The zero-order valence-corrected chi connectivity index (χ0v) is 55.5. The first-order valence-corrected chi connectivity index (χ1v) is 31.8. The number of hydrogen-bond acceptors (Lipinski definition) is 19. The van der Waals surface area contributed by atoms with Crippen LogP contribution in [0.4, 0.5) is 0 Å². The van der Waals surface area contributed by atoms with E-state index in [2.05, 4.69) is 78.1 Å². The molecule has 1 saturated heterocycles. The highest BCUT2D eigenvalue weighted by Crippen LogP contribution is 2.22. The summed E-state index contributed by atoms with van der Waals surface area (Å²) >= 11 is 0. The Morgan fingerprint density at radius 1 is 0.536 bits per heavy atom. The number of rotatable bonds is 37. The topological polar surface area (TPSA) is 552 Å². The minimum Gasteiger partial charge on any atom is -0.481 e. The third-order valence-corrected chi connectivity index (χ3v) is 15.9. The number of amides is 12. The van der Waals surface area contributed by atoms with Crippen molar-refractivity contribution in [3.05, 3.63) is 72.5 Å². The fourth-order valence-corrected chi connectivity index (χ4v) is 10.8. The van der Waals surface area contributed by atoms with Crippen molar-refractivity contribution < 1.29 is 82.8 Å². The van der Waals surface area contributed by atoms with Gasteiger partial charge in [0.25, 0.3) is 0 Å². The maximum absolute atomic E-state index is 14.5. The molecule has 15 atom stereocenters. The monoisotopic (exact) mass is 1360 g/mol. The number of aromatic nitrogens is 5. The van der Waals surface area contributed by atoms with E-state index in [4.69, 9.17) is 11.5 Å². The van der Waals surface area contributed by atoms with Crippen LogP contribution in [0.15, 0.2) is 55.5 Å². The minimum absolute atomic E-state index is 0.0454. The average Bonchev–Trinajstić information content (AvgIpc) is 1.73. The molecule has 4 heterocycles. The number of likely N-dealkylation sites (tertiary alicyclic amines) is 1. The van der Waals surface area contributed by atoms with Crippen molar-refractivity contribution in [2.45, 2.75) is 204 Å². The number of aromatic amines is 3. The largest absolute Gasteiger partial charge is 0.481 e. The van der Waals surface area contributed by atoms with E-state index in [0.717, 1.165) is 24.8 Å². The van der Waals surface area contributed by atoms with E-state index in [1.165, 1.54) is 50.7 Å². The summed E-state index contributed by atoms with van der Waals surface area (Å²) in [5, 5.41) is 66.9. The Morgan fingerprint density at radius 3 is 1.54 bits per heavy atom. The molecule has 0 saturated carbocycles. The van der Waals surface area contributed by atoms with Gasteiger partial charge in [-0.15, -0.1) is 0 Å². The smallest absolute Gasteiger partial charge is 0.305 e. The number of imidazole rings is 2. The summed E-state index contributed by atoms with van der Waals surface area (Å²) in [7, 11) is 0. The molecule has 4 aromatic rings. The first kappa shape index (κ1) is 77.8. The molecule has 5 rings (SSSR count). The van der Waals surface area contributed by atoms with E-state index in [0.29, 0.717) is 24.1 Å². The number of H-pyrrole nitrogens is 3. The zero-order valence-electron chi connectivity index (χ0n) is 55.5. The molecule has 0 spiro atoms. The molecule has 35 nitrogen and oxygen atoms in total. The summed E-state index contributed by atoms with van der Waals surface area (Å²) in [6.45, 7) is 13.3. The highest BCUT2D eigenvalue weighted by atomic mass is 16.4. The van der Waals surface area contributed by atoms with Crippen LogP contribution in [-0.2, 0) is 81.6 Å². The molecule has 0 bridgehead atoms. The van der Waals surface area contributed by atoms with Crippen molar-refractivity contribution in [1.82, 2.24) is 83.0 Å². The number of carboxylic acid groups (broad SMARTS) is 1. The number of nitrogens with one attached hydrogen (secondary N) is 13. The highest BCUT2D eigenvalue weighted by molar-refractivity contribution is 6.00. The number of fused-ring (bicyclic) bond motifs is 1. The summed E-state index contributed by atoms with van der Waals surface area (Å²) in [5.74, 6) is -13.3. The maximum Gasteiger partial charge on any atom is 0.305 e. The van der Waals surface area contributed by atoms with Gasteiger partial charge in [0.2, 0.25) is 70.9 Å². The third-order valence-electron chi connectivity index (χ3n) is 15.9. The molecule has 0 radical (unpaired) electrons. The van der Waals surface area contributed by atoms with Crippen molar-refractivity contribution >= 4 is 87.8 Å². The molecule has 97 heavy (non-hydrogen) atoms. The molecule has 1 aliphatic rings. The highest BCUT2D eigenvalue weighted by Gasteiger charge is 2.41. The number of hydrogen-bond donors (Lipinski definition) is 19. The van der Waals surface area contributed by atoms with Crippen molar-refractivity contribution in [2.24, 2.45) is 23.3 Å². The number of carbonyl (C=O) groups is 13. The summed E-state index contributed by atoms with van der Waals surface area (Å²) < 4.78 is 0. The first-order chi connectivity index (χ1) is 45.6. The van der Waals surface area contributed by atoms with E-state index in [1.807, 2.05) is 13.8 Å². The Bertz CT molecular complexity index is 3390. The van der Waals surface area contributed by atoms with Crippen molar-refractivity contribution in [2.75, 3.05) is 6.54 Å². The Kier molecular flexibility index (Phi) is 29.1. The normalized spacial score (nSPS) is 17.4. The zero-order chi connectivity index (χ0) is 72.1. The van der Waals surface area contributed by atoms with Gasteiger partial charge in [-0.3, -0.25) is 62.3 Å². The van der Waals surface area contributed by atoms with Gasteiger partial charge < -0.3 is 105 Å². The lowest BCUT2D eigenvalue weighted by atomic mass is 10.0. The van der Waals surface area contributed by atoms with E-state index < -0.39 is 174 Å². The van der Waals surface area contributed by atoms with Gasteiger partial charge in [-0.25, -0.2) is 9.97 Å². The molecule has 1 fully saturated rings. The number of aliphatic carboxylic acids is 1. The molecule has 21 N–H and O–H groups in total. The van der Waals surface area contributed by atoms with Crippen LogP contribution in [0.5, 0.6) is 0 Å². The number of benzene rings is 1. The van der Waals surface area contributed by atoms with E-state index >= 15 is 0 Å². The standard InChI is InChI=1S/C62H92N18O17/c1-28(2)17-39(63)53(88)73-41(18-29(3)4)54(89)70-30(5)52(87)72-45(22-47(84)85)58(93)78-50(34(9)83)61(96)79-49(33(8)82)60(95)76-44(21-37-25-66-27-69-37)56(91)74-43(20-36-24-65-26-68-36)55(90)71-31(6)62(97)80-16-12-15-46(80)59(94)75-42(57(92)77-48(32(7)81)51(64)86)19-35-23-67-40-14-11-10-13-38(35)40/h10-11,13-14,23-34,39,41-46,48-50,67,81-83H,12,15-22,63H2,1-9H3,(H2,64,86)(H,65,68)(H,66,69)(H,70,89)(H,71,90)(H,72,87)(H,73,88)(H,74,91)(H,75,94)(H,76,95)(H,77,92)(H,78,93)(H,79,96)(H,84,85)/t30-,31-,32+,33+,34+,39-,41-,42-,43-,44-,45-,46-,48-,49-,50-/m0/s1. The van der Waals surface area contributed by atoms with Gasteiger partial charge in [-0.2, -0.15) is 0 Å². The van der Waals surface area contributed by atoms with E-state index in [9.17, 15) is 82.8 Å². The molecular formula is C62H92N18O17. The van der Waals surface area contributed by atoms with E-state index in [1.54, 1.807) is 44.3 Å². The molecule has 1 aromatic carbocycles. The third kappa shape index (κ3) is 23.2. The summed E-state index contributed by atoms with van der Waals surface area (Å²) in [5.41, 5.74) is 13.4. The van der Waals surface area contributed by atoms with Crippen molar-refractivity contribution in [1.29, 1.82) is 0 Å². The van der Waals surface area contributed by atoms with Crippen LogP contribution in [0.1, 0.15) is 111 Å². The molecule has 532 valence electrons. The van der Waals surface area contributed by atoms with Crippen LogP contribution in [0.3, 0.4) is 0 Å². The Hall–Kier alpha value is -9.87. The fourth-order valence-electron chi connectivity index (χ4n) is 10.8. The fraction of sp³-hybridized carbons (Fsp3) is 0.565. The molecule has 1 aliphatic heterocycles. The second kappa shape index (κ2) is 36.3. The Morgan fingerprint density at radius 2 is 1.00 bits per heavy atom. The number of aliphatic hydroxyl groups is 3.